The second kappa shape index (κ2) is 12.3. The molecule has 0 radical (unpaired) electrons. The fourth-order valence-corrected chi connectivity index (χ4v) is 2.65. The van der Waals surface area contributed by atoms with Crippen LogP contribution in [0.25, 0.3) is 0 Å². The van der Waals surface area contributed by atoms with Crippen LogP contribution in [0.2, 0.25) is 0 Å². The maximum atomic E-state index is 10.9. The highest BCUT2D eigenvalue weighted by Gasteiger charge is 2.24. The van der Waals surface area contributed by atoms with Crippen LogP contribution in [0.5, 0.6) is 0 Å². The molecule has 1 aliphatic heterocycles. The third-order valence-corrected chi connectivity index (χ3v) is 3.67. The Morgan fingerprint density at radius 1 is 1.26 bits per heavy atom. The molecule has 1 rings (SSSR count). The highest BCUT2D eigenvalue weighted by atomic mass is 16.5. The summed E-state index contributed by atoms with van der Waals surface area (Å²) in [7, 11) is 0. The van der Waals surface area contributed by atoms with Gasteiger partial charge >= 0.3 is 11.9 Å². The van der Waals surface area contributed by atoms with Gasteiger partial charge in [0.1, 0.15) is 6.10 Å². The Morgan fingerprint density at radius 2 is 1.91 bits per heavy atom. The summed E-state index contributed by atoms with van der Waals surface area (Å²) in [5, 5.41) is 26.5. The van der Waals surface area contributed by atoms with E-state index in [-0.39, 0.29) is 24.9 Å². The molecule has 0 aromatic heterocycles. The minimum Gasteiger partial charge on any atom is -0.481 e. The second-order valence-electron chi connectivity index (χ2n) is 6.38. The van der Waals surface area contributed by atoms with Gasteiger partial charge in [0, 0.05) is 6.42 Å². The van der Waals surface area contributed by atoms with Crippen molar-refractivity contribution < 1.29 is 29.6 Å². The molecule has 0 unspecified atom stereocenters. The van der Waals surface area contributed by atoms with Crippen LogP contribution in [-0.2, 0) is 14.3 Å². The predicted molar refractivity (Wildman–Crippen MR) is 87.0 cm³/mol. The first-order chi connectivity index (χ1) is 10.8. The number of carboxylic acids is 1. The van der Waals surface area contributed by atoms with Crippen molar-refractivity contribution in [1.82, 2.24) is 0 Å². The van der Waals surface area contributed by atoms with Gasteiger partial charge in [-0.25, -0.2) is 0 Å². The van der Waals surface area contributed by atoms with Crippen molar-refractivity contribution in [2.24, 2.45) is 5.92 Å². The molecule has 3 N–H and O–H groups in total. The van der Waals surface area contributed by atoms with Crippen molar-refractivity contribution in [3.05, 3.63) is 0 Å². The summed E-state index contributed by atoms with van der Waals surface area (Å²) in [5.41, 5.74) is 0. The first kappa shape index (κ1) is 21.9. The average molecular weight is 332 g/mol. The number of hydrogen-bond acceptors (Lipinski definition) is 5. The van der Waals surface area contributed by atoms with Crippen molar-refractivity contribution in [3.8, 4) is 0 Å². The van der Waals surface area contributed by atoms with Crippen LogP contribution in [-0.4, -0.2) is 45.6 Å². The van der Waals surface area contributed by atoms with E-state index >= 15 is 0 Å². The number of hydrogen-bond donors (Lipinski definition) is 3. The molecule has 1 saturated heterocycles. The number of aliphatic hydroxyl groups is 2. The molecule has 0 saturated carbocycles. The van der Waals surface area contributed by atoms with Gasteiger partial charge in [-0.3, -0.25) is 9.59 Å². The van der Waals surface area contributed by atoms with Crippen LogP contribution in [0.4, 0.5) is 0 Å². The lowest BCUT2D eigenvalue weighted by atomic mass is 9.95. The van der Waals surface area contributed by atoms with Gasteiger partial charge in [0.15, 0.2) is 0 Å². The maximum absolute atomic E-state index is 10.9. The summed E-state index contributed by atoms with van der Waals surface area (Å²) in [6, 6.07) is 0. The highest BCUT2D eigenvalue weighted by molar-refractivity contribution is 5.70. The number of carboxylic acid groups (broad SMARTS) is 1. The molecular weight excluding hydrogens is 300 g/mol. The van der Waals surface area contributed by atoms with Gasteiger partial charge in [-0.1, -0.05) is 33.6 Å². The predicted octanol–water partition coefficient (Wildman–Crippen LogP) is 2.50. The maximum Gasteiger partial charge on any atom is 0.306 e. The molecule has 0 bridgehead atoms. The smallest absolute Gasteiger partial charge is 0.306 e. The molecule has 0 spiro atoms. The zero-order valence-corrected chi connectivity index (χ0v) is 14.5. The van der Waals surface area contributed by atoms with Crippen LogP contribution < -0.4 is 0 Å². The molecule has 0 aromatic carbocycles. The van der Waals surface area contributed by atoms with Crippen LogP contribution in [0.3, 0.4) is 0 Å². The van der Waals surface area contributed by atoms with Crippen molar-refractivity contribution in [3.63, 3.8) is 0 Å². The van der Waals surface area contributed by atoms with Gasteiger partial charge in [-0.15, -0.1) is 0 Å². The topological polar surface area (TPSA) is 104 Å². The number of cyclic esters (lactones) is 1. The van der Waals surface area contributed by atoms with Crippen LogP contribution in [0.1, 0.15) is 72.1 Å². The lowest BCUT2D eigenvalue weighted by Crippen LogP contribution is -2.28. The van der Waals surface area contributed by atoms with E-state index in [0.29, 0.717) is 18.8 Å². The van der Waals surface area contributed by atoms with Crippen LogP contribution in [0.15, 0.2) is 0 Å². The Balaban J connectivity index is 0.000000422. The summed E-state index contributed by atoms with van der Waals surface area (Å²) < 4.78 is 5.16. The normalized spacial score (nSPS) is 23.3. The number of esters is 1. The SMILES string of the molecule is CCC[C@@H](O)C[C@@H](O)CC(=O)O.CCC[C@@H]1C[C@@H](C)CC(=O)O1. The van der Waals surface area contributed by atoms with Crippen molar-refractivity contribution in [2.45, 2.75) is 90.4 Å². The second-order valence-corrected chi connectivity index (χ2v) is 6.38. The molecule has 0 amide bonds. The minimum atomic E-state index is -1.04. The minimum absolute atomic E-state index is 0.0119. The molecule has 6 nitrogen and oxygen atoms in total. The number of aliphatic carboxylic acids is 1. The Bertz CT molecular complexity index is 344. The fourth-order valence-electron chi connectivity index (χ4n) is 2.65. The van der Waals surface area contributed by atoms with Crippen molar-refractivity contribution in [2.75, 3.05) is 0 Å². The van der Waals surface area contributed by atoms with Crippen LogP contribution >= 0.6 is 0 Å². The summed E-state index contributed by atoms with van der Waals surface area (Å²) in [4.78, 5) is 21.0. The number of rotatable bonds is 8. The first-order valence-electron chi connectivity index (χ1n) is 8.55. The van der Waals surface area contributed by atoms with E-state index in [9.17, 15) is 14.7 Å². The van der Waals surface area contributed by atoms with Crippen molar-refractivity contribution in [1.29, 1.82) is 0 Å². The lowest BCUT2D eigenvalue weighted by molar-refractivity contribution is -0.156. The quantitative estimate of drug-likeness (QED) is 0.590. The largest absolute Gasteiger partial charge is 0.481 e. The molecule has 0 aromatic rings. The number of aliphatic hydroxyl groups excluding tert-OH is 2. The molecule has 4 atom stereocenters. The Morgan fingerprint density at radius 3 is 2.39 bits per heavy atom. The summed E-state index contributed by atoms with van der Waals surface area (Å²) in [6.07, 6.45) is 3.80. The van der Waals surface area contributed by atoms with E-state index in [1.54, 1.807) is 0 Å². The molecule has 6 heteroatoms. The number of carbonyl (C=O) groups is 2. The van der Waals surface area contributed by atoms with E-state index in [4.69, 9.17) is 14.9 Å². The molecular formula is C17H32O6. The Hall–Kier alpha value is -1.14. The van der Waals surface area contributed by atoms with E-state index in [1.807, 2.05) is 6.92 Å². The third-order valence-electron chi connectivity index (χ3n) is 3.67. The first-order valence-corrected chi connectivity index (χ1v) is 8.55. The average Bonchev–Trinajstić information content (AvgIpc) is 2.37. The zero-order valence-electron chi connectivity index (χ0n) is 14.5. The summed E-state index contributed by atoms with van der Waals surface area (Å²) in [6.45, 7) is 6.16. The summed E-state index contributed by atoms with van der Waals surface area (Å²) >= 11 is 0. The molecule has 0 aliphatic carbocycles. The van der Waals surface area contributed by atoms with Gasteiger partial charge < -0.3 is 20.1 Å². The van der Waals surface area contributed by atoms with E-state index in [2.05, 4.69) is 13.8 Å². The molecule has 136 valence electrons. The fraction of sp³-hybridized carbons (Fsp3) is 0.882. The Labute approximate surface area is 138 Å². The molecule has 1 heterocycles. The van der Waals surface area contributed by atoms with Crippen LogP contribution in [0, 0.1) is 5.92 Å². The van der Waals surface area contributed by atoms with Gasteiger partial charge in [-0.2, -0.15) is 0 Å². The standard InChI is InChI=1S/C9H16O2.C8H16O4/c1-3-4-8-5-7(2)6-9(10)11-8;1-2-3-6(9)4-7(10)5-8(11)12/h7-8H,3-6H2,1-2H3;6-7,9-10H,2-5H2,1H3,(H,11,12)/t7-,8-;6-,7-/m11/s1. The van der Waals surface area contributed by atoms with Crippen molar-refractivity contribution >= 4 is 11.9 Å². The summed E-state index contributed by atoms with van der Waals surface area (Å²) in [5.74, 6) is -0.527. The third kappa shape index (κ3) is 12.0. The lowest BCUT2D eigenvalue weighted by Gasteiger charge is -2.26. The van der Waals surface area contributed by atoms with E-state index in [1.165, 1.54) is 0 Å². The van der Waals surface area contributed by atoms with Gasteiger partial charge in [0.05, 0.1) is 18.6 Å². The highest BCUT2D eigenvalue weighted by Crippen LogP contribution is 2.23. The number of carbonyl (C=O) groups excluding carboxylic acids is 1. The molecule has 1 aliphatic rings. The monoisotopic (exact) mass is 332 g/mol. The molecule has 1 fully saturated rings. The van der Waals surface area contributed by atoms with Gasteiger partial charge in [0.25, 0.3) is 0 Å². The van der Waals surface area contributed by atoms with Gasteiger partial charge in [-0.05, 0) is 31.6 Å². The van der Waals surface area contributed by atoms with E-state index in [0.717, 1.165) is 25.7 Å². The molecule has 23 heavy (non-hydrogen) atoms. The van der Waals surface area contributed by atoms with Gasteiger partial charge in [0.2, 0.25) is 0 Å². The number of ether oxygens (including phenoxy) is 1. The Kier molecular flexibility index (Phi) is 11.7. The van der Waals surface area contributed by atoms with E-state index < -0.39 is 18.2 Å². The zero-order chi connectivity index (χ0) is 17.8.